The Labute approximate surface area is 151 Å². The number of para-hydroxylation sites is 1. The third kappa shape index (κ3) is 3.78. The van der Waals surface area contributed by atoms with Crippen molar-refractivity contribution in [1.29, 1.82) is 0 Å². The molecule has 3 aromatic rings. The summed E-state index contributed by atoms with van der Waals surface area (Å²) in [6.45, 7) is 6.99. The van der Waals surface area contributed by atoms with Crippen molar-refractivity contribution in [3.05, 3.63) is 58.0 Å². The number of hydrogen-bond donors (Lipinski definition) is 1. The standard InChI is InChI=1S/C20H23NO3S/c1-4-23-20(22)18-14-8-5-6-9-15(14)24-16(18)12-21-19(13(2)3)17-10-7-11-25-17/h5-11,13,19,21H,4,12H2,1-3H3. The minimum absolute atomic E-state index is 0.211. The van der Waals surface area contributed by atoms with Crippen LogP contribution in [0.15, 0.2) is 46.2 Å². The Morgan fingerprint density at radius 2 is 2.04 bits per heavy atom. The molecule has 0 radical (unpaired) electrons. The van der Waals surface area contributed by atoms with Gasteiger partial charge >= 0.3 is 5.97 Å². The maximum Gasteiger partial charge on any atom is 0.342 e. The van der Waals surface area contributed by atoms with Gasteiger partial charge in [0.25, 0.3) is 0 Å². The van der Waals surface area contributed by atoms with E-state index in [4.69, 9.17) is 9.15 Å². The summed E-state index contributed by atoms with van der Waals surface area (Å²) in [4.78, 5) is 13.7. The summed E-state index contributed by atoms with van der Waals surface area (Å²) >= 11 is 1.73. The average molecular weight is 357 g/mol. The Balaban J connectivity index is 1.90. The van der Waals surface area contributed by atoms with Gasteiger partial charge in [0.2, 0.25) is 0 Å². The van der Waals surface area contributed by atoms with Crippen LogP contribution in [-0.2, 0) is 11.3 Å². The molecule has 0 bridgehead atoms. The number of ether oxygens (including phenoxy) is 1. The molecule has 2 heterocycles. The number of carbonyl (C=O) groups is 1. The van der Waals surface area contributed by atoms with Gasteiger partial charge in [0.15, 0.2) is 0 Å². The number of hydrogen-bond acceptors (Lipinski definition) is 5. The monoisotopic (exact) mass is 357 g/mol. The molecule has 1 aromatic carbocycles. The molecule has 5 heteroatoms. The maximum absolute atomic E-state index is 12.4. The van der Waals surface area contributed by atoms with Gasteiger partial charge in [0.1, 0.15) is 16.9 Å². The summed E-state index contributed by atoms with van der Waals surface area (Å²) in [5.74, 6) is 0.720. The van der Waals surface area contributed by atoms with E-state index in [2.05, 4.69) is 36.7 Å². The normalized spacial score (nSPS) is 12.6. The molecule has 1 unspecified atom stereocenters. The van der Waals surface area contributed by atoms with Gasteiger partial charge < -0.3 is 14.5 Å². The Kier molecular flexibility index (Phi) is 5.56. The molecular weight excluding hydrogens is 334 g/mol. The number of furan rings is 1. The summed E-state index contributed by atoms with van der Waals surface area (Å²) in [6.07, 6.45) is 0. The topological polar surface area (TPSA) is 51.5 Å². The summed E-state index contributed by atoms with van der Waals surface area (Å²) in [5, 5.41) is 6.43. The van der Waals surface area contributed by atoms with Crippen LogP contribution in [0.1, 0.15) is 47.8 Å². The zero-order valence-electron chi connectivity index (χ0n) is 14.7. The first-order valence-corrected chi connectivity index (χ1v) is 9.44. The number of esters is 1. The molecule has 3 rings (SSSR count). The Morgan fingerprint density at radius 3 is 2.72 bits per heavy atom. The lowest BCUT2D eigenvalue weighted by Crippen LogP contribution is -2.25. The minimum Gasteiger partial charge on any atom is -0.462 e. The second-order valence-electron chi connectivity index (χ2n) is 6.23. The van der Waals surface area contributed by atoms with E-state index in [0.717, 1.165) is 5.39 Å². The molecule has 0 aliphatic carbocycles. The molecule has 0 saturated heterocycles. The van der Waals surface area contributed by atoms with Crippen LogP contribution >= 0.6 is 11.3 Å². The predicted octanol–water partition coefficient (Wildman–Crippen LogP) is 5.16. The third-order valence-corrected chi connectivity index (χ3v) is 5.10. The van der Waals surface area contributed by atoms with E-state index in [-0.39, 0.29) is 12.0 Å². The van der Waals surface area contributed by atoms with Crippen LogP contribution < -0.4 is 5.32 Å². The van der Waals surface area contributed by atoms with Crippen molar-refractivity contribution < 1.29 is 13.9 Å². The lowest BCUT2D eigenvalue weighted by Gasteiger charge is -2.21. The summed E-state index contributed by atoms with van der Waals surface area (Å²) in [6, 6.07) is 12.0. The van der Waals surface area contributed by atoms with Gasteiger partial charge in [-0.25, -0.2) is 4.79 Å². The van der Waals surface area contributed by atoms with Crippen molar-refractivity contribution in [2.75, 3.05) is 6.61 Å². The van der Waals surface area contributed by atoms with Gasteiger partial charge in [-0.1, -0.05) is 38.1 Å². The largest absolute Gasteiger partial charge is 0.462 e. The van der Waals surface area contributed by atoms with Crippen molar-refractivity contribution in [3.8, 4) is 0 Å². The molecule has 1 N–H and O–H groups in total. The average Bonchev–Trinajstić information content (AvgIpc) is 3.22. The number of thiophene rings is 1. The molecule has 132 valence electrons. The molecule has 0 fully saturated rings. The quantitative estimate of drug-likeness (QED) is 0.594. The van der Waals surface area contributed by atoms with Crippen LogP contribution in [0.3, 0.4) is 0 Å². The summed E-state index contributed by atoms with van der Waals surface area (Å²) < 4.78 is 11.2. The van der Waals surface area contributed by atoms with Crippen molar-refractivity contribution in [1.82, 2.24) is 5.32 Å². The zero-order chi connectivity index (χ0) is 17.8. The van der Waals surface area contributed by atoms with E-state index in [0.29, 0.717) is 36.0 Å². The van der Waals surface area contributed by atoms with Gasteiger partial charge in [-0.3, -0.25) is 0 Å². The molecule has 2 aromatic heterocycles. The van der Waals surface area contributed by atoms with Gasteiger partial charge in [0, 0.05) is 16.3 Å². The zero-order valence-corrected chi connectivity index (χ0v) is 15.6. The molecule has 4 nitrogen and oxygen atoms in total. The van der Waals surface area contributed by atoms with Crippen molar-refractivity contribution in [2.45, 2.75) is 33.4 Å². The fourth-order valence-electron chi connectivity index (χ4n) is 2.98. The first-order chi connectivity index (χ1) is 12.1. The number of nitrogens with one attached hydrogen (secondary N) is 1. The molecule has 0 aliphatic heterocycles. The first-order valence-electron chi connectivity index (χ1n) is 8.56. The van der Waals surface area contributed by atoms with Crippen LogP contribution in [0.5, 0.6) is 0 Å². The fourth-order valence-corrected chi connectivity index (χ4v) is 3.96. The predicted molar refractivity (Wildman–Crippen MR) is 101 cm³/mol. The molecule has 0 aliphatic rings. The van der Waals surface area contributed by atoms with E-state index in [9.17, 15) is 4.79 Å². The minimum atomic E-state index is -0.332. The Morgan fingerprint density at radius 1 is 1.24 bits per heavy atom. The van der Waals surface area contributed by atoms with Gasteiger partial charge in [-0.15, -0.1) is 11.3 Å². The van der Waals surface area contributed by atoms with Crippen LogP contribution in [0.25, 0.3) is 11.0 Å². The first kappa shape index (κ1) is 17.7. The molecule has 1 atom stereocenters. The highest BCUT2D eigenvalue weighted by Gasteiger charge is 2.23. The highest BCUT2D eigenvalue weighted by atomic mass is 32.1. The van der Waals surface area contributed by atoms with E-state index in [1.54, 1.807) is 11.3 Å². The number of fused-ring (bicyclic) bond motifs is 1. The molecule has 25 heavy (non-hydrogen) atoms. The fraction of sp³-hybridized carbons (Fsp3) is 0.350. The van der Waals surface area contributed by atoms with E-state index in [1.165, 1.54) is 4.88 Å². The van der Waals surface area contributed by atoms with Crippen LogP contribution in [0, 0.1) is 5.92 Å². The Hall–Kier alpha value is -2.11. The Bertz CT molecular complexity index is 836. The van der Waals surface area contributed by atoms with E-state index >= 15 is 0 Å². The van der Waals surface area contributed by atoms with Gasteiger partial charge in [-0.05, 0) is 30.4 Å². The van der Waals surface area contributed by atoms with Gasteiger partial charge in [-0.2, -0.15) is 0 Å². The molecule has 0 amide bonds. The number of carbonyl (C=O) groups excluding carboxylic acids is 1. The van der Waals surface area contributed by atoms with Crippen LogP contribution in [0.2, 0.25) is 0 Å². The number of rotatable bonds is 7. The van der Waals surface area contributed by atoms with Gasteiger partial charge in [0.05, 0.1) is 13.2 Å². The third-order valence-electron chi connectivity index (χ3n) is 4.15. The molecular formula is C20H23NO3S. The van der Waals surface area contributed by atoms with E-state index < -0.39 is 0 Å². The highest BCUT2D eigenvalue weighted by molar-refractivity contribution is 7.10. The van der Waals surface area contributed by atoms with Crippen LogP contribution in [-0.4, -0.2) is 12.6 Å². The lowest BCUT2D eigenvalue weighted by atomic mass is 10.0. The summed E-state index contributed by atoms with van der Waals surface area (Å²) in [7, 11) is 0. The van der Waals surface area contributed by atoms with E-state index in [1.807, 2.05) is 31.2 Å². The second kappa shape index (κ2) is 7.85. The summed E-state index contributed by atoms with van der Waals surface area (Å²) in [5.41, 5.74) is 1.23. The SMILES string of the molecule is CCOC(=O)c1c(CNC(c2cccs2)C(C)C)oc2ccccc12. The van der Waals surface area contributed by atoms with Crippen molar-refractivity contribution in [3.63, 3.8) is 0 Å². The van der Waals surface area contributed by atoms with Crippen LogP contribution in [0.4, 0.5) is 0 Å². The number of benzene rings is 1. The molecule has 0 saturated carbocycles. The highest BCUT2D eigenvalue weighted by Crippen LogP contribution is 2.29. The second-order valence-corrected chi connectivity index (χ2v) is 7.21. The lowest BCUT2D eigenvalue weighted by molar-refractivity contribution is 0.0525. The molecule has 0 spiro atoms. The smallest absolute Gasteiger partial charge is 0.342 e. The maximum atomic E-state index is 12.4. The van der Waals surface area contributed by atoms with Crippen molar-refractivity contribution >= 4 is 28.3 Å². The van der Waals surface area contributed by atoms with Crippen molar-refractivity contribution in [2.24, 2.45) is 5.92 Å².